The predicted octanol–water partition coefficient (Wildman–Crippen LogP) is 0.498. The van der Waals surface area contributed by atoms with E-state index in [1.807, 2.05) is 30.3 Å². The van der Waals surface area contributed by atoms with Gasteiger partial charge in [0.1, 0.15) is 0 Å². The number of nitrogens with zero attached hydrogens (tertiary/aromatic N) is 1. The van der Waals surface area contributed by atoms with E-state index in [0.717, 1.165) is 5.56 Å². The molecule has 2 aromatic rings. The van der Waals surface area contributed by atoms with Gasteiger partial charge in [-0.1, -0.05) is 30.3 Å². The Morgan fingerprint density at radius 1 is 1.26 bits per heavy atom. The minimum Gasteiger partial charge on any atom is -0.356 e. The predicted molar refractivity (Wildman–Crippen MR) is 71.6 cm³/mol. The number of amides is 1. The molecule has 3 N–H and O–H groups in total. The quantitative estimate of drug-likeness (QED) is 0.728. The fourth-order valence-electron chi connectivity index (χ4n) is 1.50. The number of aromatic amines is 1. The first-order valence-corrected chi connectivity index (χ1v) is 5.84. The highest BCUT2D eigenvalue weighted by Gasteiger charge is 2.03. The van der Waals surface area contributed by atoms with E-state index in [2.05, 4.69) is 20.6 Å². The van der Waals surface area contributed by atoms with Crippen LogP contribution in [0.3, 0.4) is 0 Å². The van der Waals surface area contributed by atoms with Crippen LogP contribution in [-0.4, -0.2) is 22.4 Å². The molecule has 1 aromatic carbocycles. The van der Waals surface area contributed by atoms with Gasteiger partial charge in [0.2, 0.25) is 5.91 Å². The Balaban J connectivity index is 1.79. The monoisotopic (exact) mass is 258 g/mol. The highest BCUT2D eigenvalue weighted by Crippen LogP contribution is 1.97. The van der Waals surface area contributed by atoms with Crippen LogP contribution in [0, 0.1) is 0 Å². The zero-order valence-corrected chi connectivity index (χ0v) is 10.2. The summed E-state index contributed by atoms with van der Waals surface area (Å²) >= 11 is 0. The van der Waals surface area contributed by atoms with Gasteiger partial charge < -0.3 is 15.6 Å². The molecule has 0 saturated carbocycles. The summed E-state index contributed by atoms with van der Waals surface area (Å²) in [5.74, 6) is -0.0636. The van der Waals surface area contributed by atoms with E-state index in [1.54, 1.807) is 0 Å². The molecule has 0 spiro atoms. The van der Waals surface area contributed by atoms with Crippen molar-refractivity contribution in [1.82, 2.24) is 15.3 Å². The maximum Gasteiger partial charge on any atom is 0.290 e. The van der Waals surface area contributed by atoms with Crippen molar-refractivity contribution < 1.29 is 4.79 Å². The summed E-state index contributed by atoms with van der Waals surface area (Å²) in [5.41, 5.74) is 0.671. The maximum absolute atomic E-state index is 11.6. The van der Waals surface area contributed by atoms with Crippen molar-refractivity contribution in [3.8, 4) is 0 Å². The average molecular weight is 258 g/mol. The summed E-state index contributed by atoms with van der Waals surface area (Å²) in [6.07, 6.45) is 2.88. The van der Waals surface area contributed by atoms with Gasteiger partial charge in [-0.25, -0.2) is 4.98 Å². The molecular formula is C13H14N4O2. The molecule has 6 nitrogen and oxygen atoms in total. The molecule has 0 unspecified atom stereocenters. The van der Waals surface area contributed by atoms with E-state index in [-0.39, 0.29) is 23.8 Å². The Labute approximate surface area is 109 Å². The first kappa shape index (κ1) is 12.8. The van der Waals surface area contributed by atoms with E-state index in [4.69, 9.17) is 0 Å². The Kier molecular flexibility index (Phi) is 4.28. The first-order chi connectivity index (χ1) is 9.25. The van der Waals surface area contributed by atoms with Crippen molar-refractivity contribution in [2.75, 3.05) is 11.9 Å². The SMILES string of the molecule is O=C(CNc1ncc[nH]c1=O)NCc1ccccc1. The highest BCUT2D eigenvalue weighted by molar-refractivity contribution is 5.80. The van der Waals surface area contributed by atoms with Crippen molar-refractivity contribution in [2.45, 2.75) is 6.54 Å². The Morgan fingerprint density at radius 2 is 2.05 bits per heavy atom. The van der Waals surface area contributed by atoms with E-state index >= 15 is 0 Å². The summed E-state index contributed by atoms with van der Waals surface area (Å²) in [7, 11) is 0. The third-order valence-corrected chi connectivity index (χ3v) is 2.46. The molecule has 1 aromatic heterocycles. The van der Waals surface area contributed by atoms with Crippen LogP contribution >= 0.6 is 0 Å². The summed E-state index contributed by atoms with van der Waals surface area (Å²) in [6, 6.07) is 9.59. The number of nitrogens with one attached hydrogen (secondary N) is 3. The lowest BCUT2D eigenvalue weighted by atomic mass is 10.2. The molecular weight excluding hydrogens is 244 g/mol. The minimum atomic E-state index is -0.349. The number of hydrogen-bond acceptors (Lipinski definition) is 4. The van der Waals surface area contributed by atoms with Gasteiger partial charge in [0.25, 0.3) is 5.56 Å². The number of H-pyrrole nitrogens is 1. The fraction of sp³-hybridized carbons (Fsp3) is 0.154. The van der Waals surface area contributed by atoms with Crippen LogP contribution in [0.2, 0.25) is 0 Å². The summed E-state index contributed by atoms with van der Waals surface area (Å²) < 4.78 is 0. The third-order valence-electron chi connectivity index (χ3n) is 2.46. The van der Waals surface area contributed by atoms with Crippen LogP contribution in [0.5, 0.6) is 0 Å². The second-order valence-corrected chi connectivity index (χ2v) is 3.88. The van der Waals surface area contributed by atoms with Gasteiger partial charge >= 0.3 is 0 Å². The summed E-state index contributed by atoms with van der Waals surface area (Å²) in [6.45, 7) is 0.465. The molecule has 6 heteroatoms. The normalized spacial score (nSPS) is 9.89. The van der Waals surface area contributed by atoms with E-state index in [9.17, 15) is 9.59 Å². The largest absolute Gasteiger partial charge is 0.356 e. The Hall–Kier alpha value is -2.63. The number of aromatic nitrogens is 2. The standard InChI is InChI=1S/C13H14N4O2/c18-11(16-8-10-4-2-1-3-5-10)9-17-12-13(19)15-7-6-14-12/h1-7H,8-9H2,(H,14,17)(H,15,19)(H,16,18). The van der Waals surface area contributed by atoms with Crippen molar-refractivity contribution in [3.63, 3.8) is 0 Å². The van der Waals surface area contributed by atoms with Crippen LogP contribution in [0.25, 0.3) is 0 Å². The van der Waals surface area contributed by atoms with Crippen LogP contribution < -0.4 is 16.2 Å². The number of benzene rings is 1. The second kappa shape index (κ2) is 6.34. The van der Waals surface area contributed by atoms with Crippen LogP contribution in [-0.2, 0) is 11.3 Å². The van der Waals surface area contributed by atoms with E-state index in [0.29, 0.717) is 6.54 Å². The maximum atomic E-state index is 11.6. The average Bonchev–Trinajstić information content (AvgIpc) is 2.45. The molecule has 2 rings (SSSR count). The number of carbonyl (C=O) groups is 1. The highest BCUT2D eigenvalue weighted by atomic mass is 16.2. The van der Waals surface area contributed by atoms with Crippen LogP contribution in [0.15, 0.2) is 47.5 Å². The number of rotatable bonds is 5. The molecule has 19 heavy (non-hydrogen) atoms. The lowest BCUT2D eigenvalue weighted by Gasteiger charge is -2.06. The molecule has 0 saturated heterocycles. The van der Waals surface area contributed by atoms with Crippen molar-refractivity contribution in [2.24, 2.45) is 0 Å². The number of hydrogen-bond donors (Lipinski definition) is 3. The molecule has 0 aliphatic carbocycles. The molecule has 1 heterocycles. The van der Waals surface area contributed by atoms with Gasteiger partial charge in [0.15, 0.2) is 5.82 Å². The van der Waals surface area contributed by atoms with Crippen molar-refractivity contribution in [1.29, 1.82) is 0 Å². The molecule has 0 aliphatic heterocycles. The van der Waals surface area contributed by atoms with Gasteiger partial charge in [0.05, 0.1) is 6.54 Å². The van der Waals surface area contributed by atoms with E-state index < -0.39 is 0 Å². The number of anilines is 1. The fourth-order valence-corrected chi connectivity index (χ4v) is 1.50. The van der Waals surface area contributed by atoms with Crippen LogP contribution in [0.1, 0.15) is 5.56 Å². The summed E-state index contributed by atoms with van der Waals surface area (Å²) in [5, 5.41) is 5.43. The Morgan fingerprint density at radius 3 is 2.79 bits per heavy atom. The van der Waals surface area contributed by atoms with E-state index in [1.165, 1.54) is 12.4 Å². The summed E-state index contributed by atoms with van der Waals surface area (Å²) in [4.78, 5) is 29.2. The Bertz CT molecular complexity index is 595. The molecule has 0 atom stereocenters. The molecule has 98 valence electrons. The lowest BCUT2D eigenvalue weighted by molar-refractivity contribution is -0.119. The lowest BCUT2D eigenvalue weighted by Crippen LogP contribution is -2.31. The second-order valence-electron chi connectivity index (χ2n) is 3.88. The van der Waals surface area contributed by atoms with Gasteiger partial charge in [-0.05, 0) is 5.56 Å². The van der Waals surface area contributed by atoms with Crippen LogP contribution in [0.4, 0.5) is 5.82 Å². The van der Waals surface area contributed by atoms with Gasteiger partial charge in [0, 0.05) is 18.9 Å². The minimum absolute atomic E-state index is 0.00687. The van der Waals surface area contributed by atoms with Gasteiger partial charge in [-0.3, -0.25) is 9.59 Å². The number of carbonyl (C=O) groups excluding carboxylic acids is 1. The first-order valence-electron chi connectivity index (χ1n) is 5.84. The molecule has 0 fully saturated rings. The smallest absolute Gasteiger partial charge is 0.290 e. The third kappa shape index (κ3) is 3.95. The van der Waals surface area contributed by atoms with Gasteiger partial charge in [-0.15, -0.1) is 0 Å². The molecule has 0 aliphatic rings. The zero-order chi connectivity index (χ0) is 13.5. The molecule has 0 bridgehead atoms. The topological polar surface area (TPSA) is 86.9 Å². The molecule has 0 radical (unpaired) electrons. The molecule has 1 amide bonds. The zero-order valence-electron chi connectivity index (χ0n) is 10.2. The van der Waals surface area contributed by atoms with Crippen molar-refractivity contribution >= 4 is 11.7 Å². The van der Waals surface area contributed by atoms with Crippen molar-refractivity contribution in [3.05, 3.63) is 58.6 Å². The van der Waals surface area contributed by atoms with Gasteiger partial charge in [-0.2, -0.15) is 0 Å².